The van der Waals surface area contributed by atoms with Crippen molar-refractivity contribution >= 4 is 29.5 Å². The number of amides is 2. The summed E-state index contributed by atoms with van der Waals surface area (Å²) in [5.41, 5.74) is 5.08. The van der Waals surface area contributed by atoms with Gasteiger partial charge in [-0.1, -0.05) is 11.8 Å². The number of nitrogens with one attached hydrogen (secondary N) is 1. The zero-order valence-corrected chi connectivity index (χ0v) is 12.7. The maximum Gasteiger partial charge on any atom is 0.353 e. The zero-order valence-electron chi connectivity index (χ0n) is 11.9. The van der Waals surface area contributed by atoms with Crippen LogP contribution in [0.3, 0.4) is 0 Å². The fourth-order valence-corrected chi connectivity index (χ4v) is 3.50. The Hall–Kier alpha value is -1.84. The number of hydrogen-bond acceptors (Lipinski definition) is 6. The highest BCUT2D eigenvalue weighted by molar-refractivity contribution is 8.05. The lowest BCUT2D eigenvalue weighted by atomic mass is 9.83. The number of aliphatic hydroxyl groups excluding tert-OH is 1. The van der Waals surface area contributed by atoms with Crippen LogP contribution >= 0.6 is 11.8 Å². The summed E-state index contributed by atoms with van der Waals surface area (Å²) in [4.78, 5) is 36.1. The smallest absolute Gasteiger partial charge is 0.353 e. The van der Waals surface area contributed by atoms with Crippen LogP contribution in [0.15, 0.2) is 22.2 Å². The van der Waals surface area contributed by atoms with Crippen LogP contribution in [0.25, 0.3) is 0 Å². The van der Waals surface area contributed by atoms with Crippen molar-refractivity contribution in [1.82, 2.24) is 10.2 Å². The molecule has 0 spiro atoms. The van der Waals surface area contributed by atoms with E-state index in [0.717, 1.165) is 11.8 Å². The first-order valence-electron chi connectivity index (χ1n) is 6.67. The van der Waals surface area contributed by atoms with Gasteiger partial charge >= 0.3 is 5.97 Å². The third-order valence-electron chi connectivity index (χ3n) is 3.60. The first-order chi connectivity index (χ1) is 10.4. The molecule has 0 aromatic carbocycles. The lowest BCUT2D eigenvalue weighted by molar-refractivity contribution is -0.161. The van der Waals surface area contributed by atoms with E-state index in [4.69, 9.17) is 5.73 Å². The maximum atomic E-state index is 12.0. The number of aliphatic carboxylic acids is 1. The average molecular weight is 327 g/mol. The highest BCUT2D eigenvalue weighted by Gasteiger charge is 2.56. The molecule has 0 aromatic rings. The molecule has 1 saturated heterocycles. The van der Waals surface area contributed by atoms with Gasteiger partial charge < -0.3 is 26.2 Å². The normalized spacial score (nSPS) is 25.2. The highest BCUT2D eigenvalue weighted by Crippen LogP contribution is 2.47. The maximum absolute atomic E-state index is 12.0. The number of β-lactam (4-membered cyclic amide) rings is 1. The number of carboxylic acids is 1. The molecule has 9 heteroatoms. The number of fused-ring (bicyclic) bond motifs is 1. The minimum Gasteiger partial charge on any atom is -0.477 e. The van der Waals surface area contributed by atoms with Gasteiger partial charge in [0.1, 0.15) is 5.70 Å². The SMILES string of the molecule is CC(O)C1C(=O)N2C(C(=O)O)=C(SC=CNC(=O)CN)CC12. The second-order valence-electron chi connectivity index (χ2n) is 5.02. The fourth-order valence-electron chi connectivity index (χ4n) is 2.64. The summed E-state index contributed by atoms with van der Waals surface area (Å²) in [5.74, 6) is -2.47. The molecule has 2 rings (SSSR count). The van der Waals surface area contributed by atoms with Crippen molar-refractivity contribution in [2.75, 3.05) is 6.54 Å². The molecular formula is C13H17N3O5S. The summed E-state index contributed by atoms with van der Waals surface area (Å²) >= 11 is 1.12. The van der Waals surface area contributed by atoms with E-state index in [0.29, 0.717) is 11.3 Å². The van der Waals surface area contributed by atoms with Crippen LogP contribution in [0, 0.1) is 5.92 Å². The van der Waals surface area contributed by atoms with Gasteiger partial charge in [-0.3, -0.25) is 9.59 Å². The summed E-state index contributed by atoms with van der Waals surface area (Å²) in [5, 5.41) is 22.8. The van der Waals surface area contributed by atoms with Gasteiger partial charge in [0.05, 0.1) is 24.6 Å². The van der Waals surface area contributed by atoms with Crippen LogP contribution in [0.5, 0.6) is 0 Å². The molecular weight excluding hydrogens is 310 g/mol. The van der Waals surface area contributed by atoms with E-state index in [1.54, 1.807) is 0 Å². The first kappa shape index (κ1) is 16.5. The predicted octanol–water partition coefficient (Wildman–Crippen LogP) is -0.827. The third kappa shape index (κ3) is 2.87. The number of rotatable bonds is 6. The van der Waals surface area contributed by atoms with Crippen molar-refractivity contribution < 1.29 is 24.6 Å². The molecule has 120 valence electrons. The number of thioether (sulfide) groups is 1. The number of carbonyl (C=O) groups excluding carboxylic acids is 2. The number of nitrogens with two attached hydrogens (primary N) is 1. The zero-order chi connectivity index (χ0) is 16.4. The Kier molecular flexibility index (Phi) is 4.89. The van der Waals surface area contributed by atoms with Gasteiger partial charge in [-0.2, -0.15) is 0 Å². The number of carboxylic acid groups (broad SMARTS) is 1. The molecule has 1 fully saturated rings. The third-order valence-corrected chi connectivity index (χ3v) is 4.52. The molecule has 0 radical (unpaired) electrons. The van der Waals surface area contributed by atoms with Gasteiger partial charge in [-0.25, -0.2) is 4.79 Å². The van der Waals surface area contributed by atoms with Crippen molar-refractivity contribution in [3.63, 3.8) is 0 Å². The Morgan fingerprint density at radius 3 is 2.82 bits per heavy atom. The van der Waals surface area contributed by atoms with E-state index in [-0.39, 0.29) is 30.1 Å². The standard InChI is InChI=1S/C13H17N3O5S/c1-6(17)10-7-4-8(22-3-2-15-9(18)5-14)11(13(20)21)16(7)12(10)19/h2-3,6-7,10,17H,4-5,14H2,1H3,(H,15,18)(H,20,21). The van der Waals surface area contributed by atoms with Crippen molar-refractivity contribution in [3.05, 3.63) is 22.2 Å². The van der Waals surface area contributed by atoms with Gasteiger partial charge in [-0.05, 0) is 12.3 Å². The molecule has 8 nitrogen and oxygen atoms in total. The fraction of sp³-hybridized carbons (Fsp3) is 0.462. The molecule has 22 heavy (non-hydrogen) atoms. The Bertz CT molecular complexity index is 572. The Balaban J connectivity index is 2.09. The Labute approximate surface area is 131 Å². The molecule has 3 unspecified atom stereocenters. The summed E-state index contributed by atoms with van der Waals surface area (Å²) in [7, 11) is 0. The van der Waals surface area contributed by atoms with Gasteiger partial charge in [0, 0.05) is 17.5 Å². The number of hydrogen-bond donors (Lipinski definition) is 4. The van der Waals surface area contributed by atoms with Gasteiger partial charge in [0.25, 0.3) is 0 Å². The van der Waals surface area contributed by atoms with Crippen LogP contribution in [0.2, 0.25) is 0 Å². The van der Waals surface area contributed by atoms with Crippen molar-refractivity contribution in [2.45, 2.75) is 25.5 Å². The van der Waals surface area contributed by atoms with Crippen molar-refractivity contribution in [2.24, 2.45) is 11.7 Å². The van der Waals surface area contributed by atoms with E-state index in [1.165, 1.54) is 23.4 Å². The van der Waals surface area contributed by atoms with Crippen LogP contribution < -0.4 is 11.1 Å². The largest absolute Gasteiger partial charge is 0.477 e. The molecule has 3 atom stereocenters. The van der Waals surface area contributed by atoms with E-state index in [1.807, 2.05) is 0 Å². The second-order valence-corrected chi connectivity index (χ2v) is 6.02. The summed E-state index contributed by atoms with van der Waals surface area (Å²) in [6, 6.07) is -0.312. The monoisotopic (exact) mass is 327 g/mol. The van der Waals surface area contributed by atoms with E-state index in [9.17, 15) is 24.6 Å². The van der Waals surface area contributed by atoms with Crippen molar-refractivity contribution in [3.8, 4) is 0 Å². The summed E-state index contributed by atoms with van der Waals surface area (Å²) in [6.07, 6.45) is 0.936. The molecule has 5 N–H and O–H groups in total. The van der Waals surface area contributed by atoms with Crippen LogP contribution in [0.1, 0.15) is 13.3 Å². The number of nitrogens with zero attached hydrogens (tertiary/aromatic N) is 1. The lowest BCUT2D eigenvalue weighted by Gasteiger charge is -2.44. The minimum absolute atomic E-state index is 0.0494. The minimum atomic E-state index is -1.18. The van der Waals surface area contributed by atoms with Crippen LogP contribution in [-0.2, 0) is 14.4 Å². The molecule has 0 bridgehead atoms. The molecule has 2 amide bonds. The first-order valence-corrected chi connectivity index (χ1v) is 7.55. The Morgan fingerprint density at radius 1 is 1.59 bits per heavy atom. The van der Waals surface area contributed by atoms with Crippen LogP contribution in [0.4, 0.5) is 0 Å². The summed E-state index contributed by atoms with van der Waals surface area (Å²) in [6.45, 7) is 1.38. The van der Waals surface area contributed by atoms with E-state index >= 15 is 0 Å². The van der Waals surface area contributed by atoms with Gasteiger partial charge in [0.15, 0.2) is 0 Å². The Morgan fingerprint density at radius 2 is 2.27 bits per heavy atom. The highest BCUT2D eigenvalue weighted by atomic mass is 32.2. The van der Waals surface area contributed by atoms with Crippen LogP contribution in [-0.4, -0.2) is 51.6 Å². The molecule has 0 aromatic heterocycles. The van der Waals surface area contributed by atoms with Gasteiger partial charge in [-0.15, -0.1) is 0 Å². The second kappa shape index (κ2) is 6.51. The lowest BCUT2D eigenvalue weighted by Crippen LogP contribution is -2.61. The molecule has 2 aliphatic rings. The summed E-state index contributed by atoms with van der Waals surface area (Å²) < 4.78 is 0. The molecule has 2 aliphatic heterocycles. The molecule has 0 saturated carbocycles. The number of carbonyl (C=O) groups is 3. The van der Waals surface area contributed by atoms with E-state index < -0.39 is 18.0 Å². The number of aliphatic hydroxyl groups is 1. The average Bonchev–Trinajstić information content (AvgIpc) is 2.77. The van der Waals surface area contributed by atoms with E-state index in [2.05, 4.69) is 5.32 Å². The molecule has 0 aliphatic carbocycles. The van der Waals surface area contributed by atoms with Gasteiger partial charge in [0.2, 0.25) is 11.8 Å². The topological polar surface area (TPSA) is 133 Å². The molecule has 2 heterocycles. The van der Waals surface area contributed by atoms with Crippen molar-refractivity contribution in [1.29, 1.82) is 0 Å². The quantitative estimate of drug-likeness (QED) is 0.468. The predicted molar refractivity (Wildman–Crippen MR) is 79.0 cm³/mol.